The van der Waals surface area contributed by atoms with Crippen LogP contribution in [0.3, 0.4) is 0 Å². The summed E-state index contributed by atoms with van der Waals surface area (Å²) in [7, 11) is 2.01. The van der Waals surface area contributed by atoms with Gasteiger partial charge in [-0.25, -0.2) is 0 Å². The van der Waals surface area contributed by atoms with Crippen LogP contribution in [0.15, 0.2) is 4.42 Å². The molecule has 0 saturated heterocycles. The smallest absolute Gasteiger partial charge is 0.318 e. The summed E-state index contributed by atoms with van der Waals surface area (Å²) in [5.74, 6) is 0.666. The molecule has 1 aromatic rings. The SMILES string of the molecule is CCNC(C)c1nnc(N(C)C2CC2)o1. The predicted octanol–water partition coefficient (Wildman–Crippen LogP) is 1.34. The largest absolute Gasteiger partial charge is 0.406 e. The molecular weight excluding hydrogens is 192 g/mol. The van der Waals surface area contributed by atoms with Crippen LogP contribution in [0.1, 0.15) is 38.6 Å². The Morgan fingerprint density at radius 2 is 2.27 bits per heavy atom. The van der Waals surface area contributed by atoms with Crippen LogP contribution in [-0.4, -0.2) is 29.8 Å². The van der Waals surface area contributed by atoms with Crippen LogP contribution in [0.25, 0.3) is 0 Å². The van der Waals surface area contributed by atoms with Gasteiger partial charge in [0, 0.05) is 13.1 Å². The topological polar surface area (TPSA) is 54.2 Å². The maximum atomic E-state index is 5.60. The van der Waals surface area contributed by atoms with E-state index in [1.807, 2.05) is 14.0 Å². The average molecular weight is 210 g/mol. The molecule has 0 amide bonds. The third kappa shape index (κ3) is 2.28. The van der Waals surface area contributed by atoms with Gasteiger partial charge in [0.1, 0.15) is 0 Å². The van der Waals surface area contributed by atoms with Crippen LogP contribution in [-0.2, 0) is 0 Å². The summed E-state index contributed by atoms with van der Waals surface area (Å²) in [6.45, 7) is 4.99. The summed E-state index contributed by atoms with van der Waals surface area (Å²) in [5.41, 5.74) is 0. The van der Waals surface area contributed by atoms with Crippen molar-refractivity contribution >= 4 is 6.01 Å². The maximum Gasteiger partial charge on any atom is 0.318 e. The summed E-state index contributed by atoms with van der Waals surface area (Å²) >= 11 is 0. The molecule has 1 atom stereocenters. The van der Waals surface area contributed by atoms with Gasteiger partial charge in [-0.15, -0.1) is 5.10 Å². The Hall–Kier alpha value is -1.10. The van der Waals surface area contributed by atoms with Crippen molar-refractivity contribution in [3.8, 4) is 0 Å². The van der Waals surface area contributed by atoms with Crippen LogP contribution in [0, 0.1) is 0 Å². The zero-order valence-electron chi connectivity index (χ0n) is 9.53. The van der Waals surface area contributed by atoms with Gasteiger partial charge in [0.2, 0.25) is 5.89 Å². The van der Waals surface area contributed by atoms with Crippen molar-refractivity contribution < 1.29 is 4.42 Å². The third-order valence-electron chi connectivity index (χ3n) is 2.71. The number of nitrogens with zero attached hydrogens (tertiary/aromatic N) is 3. The monoisotopic (exact) mass is 210 g/mol. The molecule has 1 aliphatic carbocycles. The Balaban J connectivity index is 2.02. The zero-order chi connectivity index (χ0) is 10.8. The molecule has 5 heteroatoms. The molecule has 84 valence electrons. The second-order valence-electron chi connectivity index (χ2n) is 4.04. The van der Waals surface area contributed by atoms with Gasteiger partial charge in [-0.3, -0.25) is 0 Å². The second-order valence-corrected chi connectivity index (χ2v) is 4.04. The van der Waals surface area contributed by atoms with E-state index >= 15 is 0 Å². The van der Waals surface area contributed by atoms with Gasteiger partial charge < -0.3 is 14.6 Å². The normalized spacial score (nSPS) is 17.8. The molecule has 0 spiro atoms. The van der Waals surface area contributed by atoms with Gasteiger partial charge in [-0.05, 0) is 26.3 Å². The van der Waals surface area contributed by atoms with Gasteiger partial charge >= 0.3 is 6.01 Å². The lowest BCUT2D eigenvalue weighted by Gasteiger charge is -2.11. The van der Waals surface area contributed by atoms with Crippen molar-refractivity contribution in [2.45, 2.75) is 38.8 Å². The molecule has 0 bridgehead atoms. The Morgan fingerprint density at radius 3 is 2.87 bits per heavy atom. The molecule has 5 nitrogen and oxygen atoms in total. The van der Waals surface area contributed by atoms with Crippen molar-refractivity contribution in [2.24, 2.45) is 0 Å². The standard InChI is InChI=1S/C10H18N4O/c1-4-11-7(2)9-12-13-10(15-9)14(3)8-5-6-8/h7-8,11H,4-6H2,1-3H3. The Labute approximate surface area is 89.9 Å². The van der Waals surface area contributed by atoms with Crippen LogP contribution < -0.4 is 10.2 Å². The first-order valence-electron chi connectivity index (χ1n) is 5.52. The third-order valence-corrected chi connectivity index (χ3v) is 2.71. The summed E-state index contributed by atoms with van der Waals surface area (Å²) < 4.78 is 5.60. The number of rotatable bonds is 5. The highest BCUT2D eigenvalue weighted by Gasteiger charge is 2.29. The fourth-order valence-corrected chi connectivity index (χ4v) is 1.56. The summed E-state index contributed by atoms with van der Waals surface area (Å²) in [6, 6.07) is 1.37. The van der Waals surface area contributed by atoms with Gasteiger partial charge in [0.15, 0.2) is 0 Å². The van der Waals surface area contributed by atoms with Crippen molar-refractivity contribution in [1.82, 2.24) is 15.5 Å². The van der Waals surface area contributed by atoms with Crippen molar-refractivity contribution in [3.63, 3.8) is 0 Å². The van der Waals surface area contributed by atoms with Gasteiger partial charge in [-0.2, -0.15) is 0 Å². The van der Waals surface area contributed by atoms with E-state index in [1.165, 1.54) is 12.8 Å². The van der Waals surface area contributed by atoms with E-state index in [-0.39, 0.29) is 6.04 Å². The summed E-state index contributed by atoms with van der Waals surface area (Å²) in [4.78, 5) is 2.06. The molecule has 1 saturated carbocycles. The molecule has 1 unspecified atom stereocenters. The number of aromatic nitrogens is 2. The average Bonchev–Trinajstić information content (AvgIpc) is 2.95. The highest BCUT2D eigenvalue weighted by Crippen LogP contribution is 2.29. The van der Waals surface area contributed by atoms with E-state index in [0.717, 1.165) is 6.54 Å². The minimum Gasteiger partial charge on any atom is -0.406 e. The minimum absolute atomic E-state index is 0.129. The lowest BCUT2D eigenvalue weighted by atomic mass is 10.3. The maximum absolute atomic E-state index is 5.60. The first-order chi connectivity index (χ1) is 7.22. The second kappa shape index (κ2) is 4.18. The van der Waals surface area contributed by atoms with E-state index in [0.29, 0.717) is 17.9 Å². The summed E-state index contributed by atoms with van der Waals surface area (Å²) in [5, 5.41) is 11.3. The minimum atomic E-state index is 0.129. The van der Waals surface area contributed by atoms with Gasteiger partial charge in [0.05, 0.1) is 6.04 Å². The van der Waals surface area contributed by atoms with Crippen LogP contribution in [0.4, 0.5) is 6.01 Å². The fraction of sp³-hybridized carbons (Fsp3) is 0.800. The molecule has 1 N–H and O–H groups in total. The van der Waals surface area contributed by atoms with Crippen LogP contribution >= 0.6 is 0 Å². The summed E-state index contributed by atoms with van der Waals surface area (Å²) in [6.07, 6.45) is 2.47. The number of hydrogen-bond donors (Lipinski definition) is 1. The van der Waals surface area contributed by atoms with Gasteiger partial charge in [-0.1, -0.05) is 12.0 Å². The first-order valence-corrected chi connectivity index (χ1v) is 5.52. The number of anilines is 1. The highest BCUT2D eigenvalue weighted by atomic mass is 16.4. The van der Waals surface area contributed by atoms with E-state index in [4.69, 9.17) is 4.42 Å². The quantitative estimate of drug-likeness (QED) is 0.794. The van der Waals surface area contributed by atoms with E-state index < -0.39 is 0 Å². The zero-order valence-corrected chi connectivity index (χ0v) is 9.53. The molecule has 15 heavy (non-hydrogen) atoms. The van der Waals surface area contributed by atoms with Crippen LogP contribution in [0.5, 0.6) is 0 Å². The van der Waals surface area contributed by atoms with Crippen LogP contribution in [0.2, 0.25) is 0 Å². The van der Waals surface area contributed by atoms with E-state index in [1.54, 1.807) is 0 Å². The molecule has 1 fully saturated rings. The van der Waals surface area contributed by atoms with E-state index in [9.17, 15) is 0 Å². The molecule has 0 radical (unpaired) electrons. The Kier molecular flexibility index (Phi) is 2.90. The van der Waals surface area contributed by atoms with Crippen molar-refractivity contribution in [1.29, 1.82) is 0 Å². The van der Waals surface area contributed by atoms with Crippen molar-refractivity contribution in [3.05, 3.63) is 5.89 Å². The Morgan fingerprint density at radius 1 is 1.53 bits per heavy atom. The highest BCUT2D eigenvalue weighted by molar-refractivity contribution is 5.27. The molecule has 2 rings (SSSR count). The lowest BCUT2D eigenvalue weighted by Crippen LogP contribution is -2.19. The first kappa shape index (κ1) is 10.4. The van der Waals surface area contributed by atoms with E-state index in [2.05, 4.69) is 27.3 Å². The molecule has 1 heterocycles. The van der Waals surface area contributed by atoms with Gasteiger partial charge in [0.25, 0.3) is 0 Å². The number of nitrogens with one attached hydrogen (secondary N) is 1. The molecule has 1 aromatic heterocycles. The Bertz CT molecular complexity index is 321. The molecular formula is C10H18N4O. The predicted molar refractivity (Wildman–Crippen MR) is 57.8 cm³/mol. The molecule has 0 aromatic carbocycles. The molecule has 0 aliphatic heterocycles. The van der Waals surface area contributed by atoms with Crippen molar-refractivity contribution in [2.75, 3.05) is 18.5 Å². The number of hydrogen-bond acceptors (Lipinski definition) is 5. The fourth-order valence-electron chi connectivity index (χ4n) is 1.56. The lowest BCUT2D eigenvalue weighted by molar-refractivity contribution is 0.421. The molecule has 1 aliphatic rings.